The quantitative estimate of drug-likeness (QED) is 0.891. The van der Waals surface area contributed by atoms with Crippen LogP contribution < -0.4 is 5.32 Å². The van der Waals surface area contributed by atoms with Crippen molar-refractivity contribution in [3.8, 4) is 0 Å². The second kappa shape index (κ2) is 6.19. The summed E-state index contributed by atoms with van der Waals surface area (Å²) in [5.41, 5.74) is 1.62. The Balaban J connectivity index is 2.26. The molecule has 0 atom stereocenters. The number of aliphatic hydroxyl groups is 1. The van der Waals surface area contributed by atoms with E-state index >= 15 is 0 Å². The molecular weight excluding hydrogens is 330 g/mol. The summed E-state index contributed by atoms with van der Waals surface area (Å²) in [5.74, 6) is -0.307. The third-order valence-corrected chi connectivity index (χ3v) is 3.42. The van der Waals surface area contributed by atoms with Crippen molar-refractivity contribution in [3.63, 3.8) is 0 Å². The molecule has 0 spiro atoms. The molecule has 0 aliphatic carbocycles. The van der Waals surface area contributed by atoms with Gasteiger partial charge in [0.05, 0.1) is 17.2 Å². The van der Waals surface area contributed by atoms with Crippen molar-refractivity contribution in [1.82, 2.24) is 0 Å². The highest BCUT2D eigenvalue weighted by atomic mass is 79.9. The fraction of sp³-hybridized carbons (Fsp3) is 0.0714. The minimum absolute atomic E-state index is 0.134. The molecule has 0 fully saturated rings. The average molecular weight is 341 g/mol. The van der Waals surface area contributed by atoms with Crippen LogP contribution in [0.4, 0.5) is 5.69 Å². The number of hydrogen-bond donors (Lipinski definition) is 2. The van der Waals surface area contributed by atoms with Gasteiger partial charge in [0.1, 0.15) is 0 Å². The number of aliphatic hydroxyl groups excluding tert-OH is 1. The Morgan fingerprint density at radius 2 is 2.00 bits per heavy atom. The molecule has 98 valence electrons. The van der Waals surface area contributed by atoms with Crippen LogP contribution in [0.2, 0.25) is 5.02 Å². The van der Waals surface area contributed by atoms with Crippen molar-refractivity contribution in [2.45, 2.75) is 6.61 Å². The summed E-state index contributed by atoms with van der Waals surface area (Å²) in [5, 5.41) is 12.3. The van der Waals surface area contributed by atoms with Gasteiger partial charge in [0.15, 0.2) is 0 Å². The van der Waals surface area contributed by atoms with Crippen LogP contribution in [-0.4, -0.2) is 11.0 Å². The number of para-hydroxylation sites is 1. The Kier molecular flexibility index (Phi) is 4.58. The topological polar surface area (TPSA) is 49.3 Å². The number of carbonyl (C=O) groups is 1. The average Bonchev–Trinajstić information content (AvgIpc) is 2.39. The molecule has 0 heterocycles. The normalized spacial score (nSPS) is 10.3. The third kappa shape index (κ3) is 3.35. The lowest BCUT2D eigenvalue weighted by atomic mass is 10.1. The first kappa shape index (κ1) is 14.1. The van der Waals surface area contributed by atoms with E-state index in [9.17, 15) is 9.90 Å². The van der Waals surface area contributed by atoms with E-state index in [0.717, 1.165) is 4.47 Å². The molecule has 2 aromatic carbocycles. The lowest BCUT2D eigenvalue weighted by Crippen LogP contribution is -2.13. The zero-order chi connectivity index (χ0) is 13.8. The zero-order valence-corrected chi connectivity index (χ0v) is 12.2. The van der Waals surface area contributed by atoms with Gasteiger partial charge in [-0.05, 0) is 24.3 Å². The van der Waals surface area contributed by atoms with Crippen molar-refractivity contribution >= 4 is 39.1 Å². The smallest absolute Gasteiger partial charge is 0.257 e. The summed E-state index contributed by atoms with van der Waals surface area (Å²) in [6.45, 7) is -0.134. The van der Waals surface area contributed by atoms with Gasteiger partial charge in [-0.1, -0.05) is 45.7 Å². The monoisotopic (exact) mass is 339 g/mol. The molecule has 0 aliphatic heterocycles. The molecule has 0 aromatic heterocycles. The molecule has 0 radical (unpaired) electrons. The predicted octanol–water partition coefficient (Wildman–Crippen LogP) is 3.85. The lowest BCUT2D eigenvalue weighted by Gasteiger charge is -2.10. The van der Waals surface area contributed by atoms with Crippen molar-refractivity contribution in [2.24, 2.45) is 0 Å². The molecule has 3 nitrogen and oxygen atoms in total. The van der Waals surface area contributed by atoms with Crippen LogP contribution in [0.3, 0.4) is 0 Å². The van der Waals surface area contributed by atoms with Crippen LogP contribution in [0, 0.1) is 0 Å². The van der Waals surface area contributed by atoms with E-state index < -0.39 is 0 Å². The summed E-state index contributed by atoms with van der Waals surface area (Å²) in [7, 11) is 0. The van der Waals surface area contributed by atoms with Gasteiger partial charge < -0.3 is 10.4 Å². The number of carbonyl (C=O) groups excluding carboxylic acids is 1. The summed E-state index contributed by atoms with van der Waals surface area (Å²) >= 11 is 9.31. The molecule has 0 aliphatic rings. The summed E-state index contributed by atoms with van der Waals surface area (Å²) in [6.07, 6.45) is 0. The van der Waals surface area contributed by atoms with Gasteiger partial charge in [-0.2, -0.15) is 0 Å². The first-order chi connectivity index (χ1) is 9.11. The maximum absolute atomic E-state index is 12.1. The summed E-state index contributed by atoms with van der Waals surface area (Å²) < 4.78 is 0.810. The zero-order valence-electron chi connectivity index (χ0n) is 9.86. The molecule has 19 heavy (non-hydrogen) atoms. The van der Waals surface area contributed by atoms with Gasteiger partial charge in [-0.25, -0.2) is 0 Å². The molecule has 2 N–H and O–H groups in total. The fourth-order valence-corrected chi connectivity index (χ4v) is 2.40. The first-order valence-electron chi connectivity index (χ1n) is 5.57. The maximum atomic E-state index is 12.1. The van der Waals surface area contributed by atoms with Crippen molar-refractivity contribution < 1.29 is 9.90 Å². The van der Waals surface area contributed by atoms with Crippen molar-refractivity contribution in [3.05, 3.63) is 63.1 Å². The number of nitrogens with one attached hydrogen (secondary N) is 1. The molecule has 1 amide bonds. The fourth-order valence-electron chi connectivity index (χ4n) is 1.64. The number of amides is 1. The van der Waals surface area contributed by atoms with Crippen molar-refractivity contribution in [1.29, 1.82) is 0 Å². The van der Waals surface area contributed by atoms with Gasteiger partial charge >= 0.3 is 0 Å². The number of rotatable bonds is 3. The van der Waals surface area contributed by atoms with Crippen LogP contribution in [0.5, 0.6) is 0 Å². The van der Waals surface area contributed by atoms with Gasteiger partial charge in [-0.3, -0.25) is 4.79 Å². The molecule has 0 bridgehead atoms. The van der Waals surface area contributed by atoms with E-state index in [0.29, 0.717) is 21.8 Å². The largest absolute Gasteiger partial charge is 0.392 e. The van der Waals surface area contributed by atoms with Gasteiger partial charge in [0.2, 0.25) is 0 Å². The highest BCUT2D eigenvalue weighted by Crippen LogP contribution is 2.23. The SMILES string of the molecule is O=C(Nc1ccccc1CO)c1ccc(Br)cc1Cl. The number of halogens is 2. The standard InChI is InChI=1S/C14H11BrClNO2/c15-10-5-6-11(12(16)7-10)14(19)17-13-4-2-1-3-9(13)8-18/h1-7,18H,8H2,(H,17,19). The van der Waals surface area contributed by atoms with Crippen LogP contribution >= 0.6 is 27.5 Å². The minimum Gasteiger partial charge on any atom is -0.392 e. The molecule has 2 aromatic rings. The summed E-state index contributed by atoms with van der Waals surface area (Å²) in [4.78, 5) is 12.1. The van der Waals surface area contributed by atoms with E-state index in [1.165, 1.54) is 0 Å². The van der Waals surface area contributed by atoms with E-state index in [-0.39, 0.29) is 12.5 Å². The Bertz CT molecular complexity index is 616. The van der Waals surface area contributed by atoms with Crippen LogP contribution in [0.25, 0.3) is 0 Å². The second-order valence-electron chi connectivity index (χ2n) is 3.89. The minimum atomic E-state index is -0.307. The lowest BCUT2D eigenvalue weighted by molar-refractivity contribution is 0.102. The molecule has 5 heteroatoms. The number of anilines is 1. The van der Waals surface area contributed by atoms with E-state index in [2.05, 4.69) is 21.2 Å². The highest BCUT2D eigenvalue weighted by Gasteiger charge is 2.12. The number of hydrogen-bond acceptors (Lipinski definition) is 2. The van der Waals surface area contributed by atoms with Gasteiger partial charge in [-0.15, -0.1) is 0 Å². The van der Waals surface area contributed by atoms with E-state index in [1.54, 1.807) is 42.5 Å². The van der Waals surface area contributed by atoms with Gasteiger partial charge in [0, 0.05) is 15.7 Å². The molecule has 0 saturated heterocycles. The third-order valence-electron chi connectivity index (χ3n) is 2.61. The van der Waals surface area contributed by atoms with E-state index in [1.807, 2.05) is 0 Å². The Morgan fingerprint density at radius 3 is 2.68 bits per heavy atom. The number of benzene rings is 2. The molecule has 2 rings (SSSR count). The summed E-state index contributed by atoms with van der Waals surface area (Å²) in [6, 6.07) is 12.1. The second-order valence-corrected chi connectivity index (χ2v) is 5.22. The molecule has 0 unspecified atom stereocenters. The van der Waals surface area contributed by atoms with E-state index in [4.69, 9.17) is 11.6 Å². The predicted molar refractivity (Wildman–Crippen MR) is 79.5 cm³/mol. The maximum Gasteiger partial charge on any atom is 0.257 e. The van der Waals surface area contributed by atoms with Crippen LogP contribution in [0.1, 0.15) is 15.9 Å². The Morgan fingerprint density at radius 1 is 1.26 bits per heavy atom. The molecule has 0 saturated carbocycles. The molecular formula is C14H11BrClNO2. The first-order valence-corrected chi connectivity index (χ1v) is 6.74. The van der Waals surface area contributed by atoms with Gasteiger partial charge in [0.25, 0.3) is 5.91 Å². The Hall–Kier alpha value is -1.36. The van der Waals surface area contributed by atoms with Crippen LogP contribution in [-0.2, 0) is 6.61 Å². The highest BCUT2D eigenvalue weighted by molar-refractivity contribution is 9.10. The van der Waals surface area contributed by atoms with Crippen LogP contribution in [0.15, 0.2) is 46.9 Å². The Labute approximate surface area is 124 Å². The van der Waals surface area contributed by atoms with Crippen molar-refractivity contribution in [2.75, 3.05) is 5.32 Å².